The van der Waals surface area contributed by atoms with Crippen molar-refractivity contribution in [1.29, 1.82) is 0 Å². The van der Waals surface area contributed by atoms with E-state index < -0.39 is 0 Å². The van der Waals surface area contributed by atoms with Crippen LogP contribution in [0, 0.1) is 16.7 Å². The van der Waals surface area contributed by atoms with Crippen molar-refractivity contribution in [1.82, 2.24) is 0 Å². The second-order valence-corrected chi connectivity index (χ2v) is 6.53. The molecule has 1 aromatic carbocycles. The van der Waals surface area contributed by atoms with Crippen LogP contribution in [0.3, 0.4) is 0 Å². The first kappa shape index (κ1) is 11.7. The largest absolute Gasteiger partial charge is 0.289 e. The lowest BCUT2D eigenvalue weighted by Crippen LogP contribution is -2.27. The van der Waals surface area contributed by atoms with E-state index in [4.69, 9.17) is 0 Å². The third-order valence-electron chi connectivity index (χ3n) is 5.44. The number of carbonyl (C=O) groups excluding carboxylic acids is 1. The van der Waals surface area contributed by atoms with Gasteiger partial charge < -0.3 is 0 Å². The van der Waals surface area contributed by atoms with E-state index >= 15 is 0 Å². The molecule has 0 spiro atoms. The molecule has 18 heavy (non-hydrogen) atoms. The summed E-state index contributed by atoms with van der Waals surface area (Å²) in [5.41, 5.74) is 2.32. The summed E-state index contributed by atoms with van der Waals surface area (Å²) in [5.74, 6) is 0.673. The van der Waals surface area contributed by atoms with Crippen molar-refractivity contribution in [2.24, 2.45) is 16.7 Å². The molecule has 1 saturated carbocycles. The van der Waals surface area contributed by atoms with Crippen LogP contribution in [0.4, 0.5) is 0 Å². The molecule has 0 heterocycles. The number of benzene rings is 1. The van der Waals surface area contributed by atoms with Crippen molar-refractivity contribution in [2.75, 3.05) is 0 Å². The zero-order valence-corrected chi connectivity index (χ0v) is 11.4. The number of hydrogen-bond donors (Lipinski definition) is 0. The van der Waals surface area contributed by atoms with Crippen molar-refractivity contribution in [3.63, 3.8) is 0 Å². The third-order valence-corrected chi connectivity index (χ3v) is 5.44. The quantitative estimate of drug-likeness (QED) is 0.706. The first-order chi connectivity index (χ1) is 8.46. The maximum Gasteiger partial charge on any atom is 0.189 e. The van der Waals surface area contributed by atoms with Gasteiger partial charge >= 0.3 is 0 Å². The zero-order chi connectivity index (χ0) is 13.0. The molecule has 3 rings (SSSR count). The number of Topliss-reactive ketones (excluding diaryl/α,β-unsaturated/α-hetero) is 1. The molecule has 0 aliphatic heterocycles. The molecule has 0 saturated heterocycles. The zero-order valence-electron chi connectivity index (χ0n) is 11.4. The maximum atomic E-state index is 12.6. The van der Waals surface area contributed by atoms with Crippen LogP contribution in [0.1, 0.15) is 44.0 Å². The van der Waals surface area contributed by atoms with Crippen molar-refractivity contribution >= 4 is 5.78 Å². The maximum absolute atomic E-state index is 12.6. The molecule has 2 bridgehead atoms. The molecule has 1 heteroatoms. The van der Waals surface area contributed by atoms with Crippen molar-refractivity contribution in [3.05, 3.63) is 47.5 Å². The first-order valence-corrected chi connectivity index (χ1v) is 6.78. The number of fused-ring (bicyclic) bond motifs is 2. The van der Waals surface area contributed by atoms with Crippen LogP contribution < -0.4 is 0 Å². The molecule has 0 aromatic heterocycles. The van der Waals surface area contributed by atoms with Gasteiger partial charge in [-0.3, -0.25) is 4.79 Å². The van der Waals surface area contributed by atoms with Gasteiger partial charge in [-0.05, 0) is 29.6 Å². The Balaban J connectivity index is 1.99. The predicted molar refractivity (Wildman–Crippen MR) is 73.5 cm³/mol. The first-order valence-electron chi connectivity index (χ1n) is 6.78. The van der Waals surface area contributed by atoms with Gasteiger partial charge in [-0.2, -0.15) is 0 Å². The Labute approximate surface area is 109 Å². The van der Waals surface area contributed by atoms with Crippen LogP contribution in [0.15, 0.2) is 42.0 Å². The van der Waals surface area contributed by atoms with E-state index in [1.54, 1.807) is 0 Å². The molecule has 2 aliphatic carbocycles. The molecule has 0 amide bonds. The minimum atomic E-state index is 0.206. The van der Waals surface area contributed by atoms with E-state index in [1.807, 2.05) is 30.3 Å². The average molecular weight is 240 g/mol. The summed E-state index contributed by atoms with van der Waals surface area (Å²) in [4.78, 5) is 12.6. The van der Waals surface area contributed by atoms with Gasteiger partial charge in [-0.25, -0.2) is 0 Å². The lowest BCUT2D eigenvalue weighted by Gasteiger charge is -2.33. The molecular weight excluding hydrogens is 220 g/mol. The normalized spacial score (nSPS) is 32.4. The fourth-order valence-electron chi connectivity index (χ4n) is 3.75. The highest BCUT2D eigenvalue weighted by atomic mass is 16.1. The van der Waals surface area contributed by atoms with Crippen LogP contribution in [0.5, 0.6) is 0 Å². The molecule has 1 nitrogen and oxygen atoms in total. The number of rotatable bonds is 2. The van der Waals surface area contributed by atoms with E-state index in [0.29, 0.717) is 5.92 Å². The van der Waals surface area contributed by atoms with Crippen LogP contribution >= 0.6 is 0 Å². The van der Waals surface area contributed by atoms with E-state index in [9.17, 15) is 4.79 Å². The Morgan fingerprint density at radius 1 is 1.17 bits per heavy atom. The Kier molecular flexibility index (Phi) is 2.32. The van der Waals surface area contributed by atoms with E-state index in [-0.39, 0.29) is 16.6 Å². The van der Waals surface area contributed by atoms with Gasteiger partial charge in [0, 0.05) is 11.1 Å². The van der Waals surface area contributed by atoms with Crippen molar-refractivity contribution < 1.29 is 4.79 Å². The average Bonchev–Trinajstić information content (AvgIpc) is 2.71. The molecule has 1 fully saturated rings. The van der Waals surface area contributed by atoms with Gasteiger partial charge in [0.2, 0.25) is 0 Å². The van der Waals surface area contributed by atoms with Crippen LogP contribution in [-0.2, 0) is 0 Å². The monoisotopic (exact) mass is 240 g/mol. The van der Waals surface area contributed by atoms with Crippen molar-refractivity contribution in [2.45, 2.75) is 33.6 Å². The van der Waals surface area contributed by atoms with Crippen LogP contribution in [0.25, 0.3) is 0 Å². The van der Waals surface area contributed by atoms with Gasteiger partial charge in [0.1, 0.15) is 0 Å². The van der Waals surface area contributed by atoms with Crippen LogP contribution in [0.2, 0.25) is 0 Å². The summed E-state index contributed by atoms with van der Waals surface area (Å²) in [6.45, 7) is 6.93. The smallest absolute Gasteiger partial charge is 0.189 e. The standard InChI is InChI=1S/C17H20O/c1-16(2)14-9-10-17(16,3)11-13(14)15(18)12-7-5-4-6-8-12/h4-8,11,14H,9-10H2,1-3H3/t14-,17+/m1/s1. The Morgan fingerprint density at radius 2 is 1.83 bits per heavy atom. The topological polar surface area (TPSA) is 17.1 Å². The second kappa shape index (κ2) is 3.57. The van der Waals surface area contributed by atoms with E-state index in [1.165, 1.54) is 6.42 Å². The summed E-state index contributed by atoms with van der Waals surface area (Å²) in [6.07, 6.45) is 4.64. The van der Waals surface area contributed by atoms with Gasteiger partial charge in [-0.1, -0.05) is 57.2 Å². The summed E-state index contributed by atoms with van der Waals surface area (Å²) in [5, 5.41) is 0. The lowest BCUT2D eigenvalue weighted by molar-refractivity contribution is 0.101. The Hall–Kier alpha value is -1.37. The molecule has 1 aromatic rings. The highest BCUT2D eigenvalue weighted by molar-refractivity contribution is 6.09. The minimum Gasteiger partial charge on any atom is -0.289 e. The minimum absolute atomic E-state index is 0.206. The number of hydrogen-bond acceptors (Lipinski definition) is 1. The lowest BCUT2D eigenvalue weighted by atomic mass is 9.70. The molecular formula is C17H20O. The molecule has 0 radical (unpaired) electrons. The van der Waals surface area contributed by atoms with Gasteiger partial charge in [-0.15, -0.1) is 0 Å². The molecule has 0 N–H and O–H groups in total. The fraction of sp³-hybridized carbons (Fsp3) is 0.471. The van der Waals surface area contributed by atoms with Gasteiger partial charge in [0.15, 0.2) is 5.78 Å². The highest BCUT2D eigenvalue weighted by Crippen LogP contribution is 2.64. The number of carbonyl (C=O) groups is 1. The molecule has 2 atom stereocenters. The summed E-state index contributed by atoms with van der Waals surface area (Å²) in [7, 11) is 0. The molecule has 0 unspecified atom stereocenters. The predicted octanol–water partition coefficient (Wildman–Crippen LogP) is 4.25. The highest BCUT2D eigenvalue weighted by Gasteiger charge is 2.57. The summed E-state index contributed by atoms with van der Waals surface area (Å²) < 4.78 is 0. The Bertz CT molecular complexity index is 524. The number of ketones is 1. The van der Waals surface area contributed by atoms with Gasteiger partial charge in [0.25, 0.3) is 0 Å². The second-order valence-electron chi connectivity index (χ2n) is 6.53. The Morgan fingerprint density at radius 3 is 2.33 bits per heavy atom. The van der Waals surface area contributed by atoms with Gasteiger partial charge in [0.05, 0.1) is 0 Å². The summed E-state index contributed by atoms with van der Waals surface area (Å²) in [6, 6.07) is 9.67. The van der Waals surface area contributed by atoms with Crippen molar-refractivity contribution in [3.8, 4) is 0 Å². The fourth-order valence-corrected chi connectivity index (χ4v) is 3.75. The molecule has 94 valence electrons. The molecule has 2 aliphatic rings. The van der Waals surface area contributed by atoms with E-state index in [2.05, 4.69) is 26.8 Å². The van der Waals surface area contributed by atoms with Crippen LogP contribution in [-0.4, -0.2) is 5.78 Å². The van der Waals surface area contributed by atoms with E-state index in [0.717, 1.165) is 17.6 Å². The number of allylic oxidation sites excluding steroid dienone is 2. The third kappa shape index (κ3) is 1.36. The SMILES string of the molecule is CC1(C)[C@@H]2CC[C@@]1(C)C=C2C(=O)c1ccccc1. The summed E-state index contributed by atoms with van der Waals surface area (Å²) >= 11 is 0.